The van der Waals surface area contributed by atoms with Gasteiger partial charge in [-0.2, -0.15) is 10.6 Å². The van der Waals surface area contributed by atoms with Crippen LogP contribution in [0.15, 0.2) is 53.6 Å². The highest BCUT2D eigenvalue weighted by molar-refractivity contribution is 8.24. The van der Waals surface area contributed by atoms with Crippen molar-refractivity contribution in [1.82, 2.24) is 9.71 Å². The highest BCUT2D eigenvalue weighted by Crippen LogP contribution is 2.45. The van der Waals surface area contributed by atoms with Crippen molar-refractivity contribution in [3.63, 3.8) is 0 Å². The van der Waals surface area contributed by atoms with Crippen LogP contribution in [0, 0.1) is 5.82 Å². The number of aromatic amines is 1. The first kappa shape index (κ1) is 18.5. The summed E-state index contributed by atoms with van der Waals surface area (Å²) in [5.41, 5.74) is 2.33. The molecule has 4 rings (SSSR count). The molecule has 27 heavy (non-hydrogen) atoms. The van der Waals surface area contributed by atoms with Gasteiger partial charge in [0.2, 0.25) is 10.0 Å². The summed E-state index contributed by atoms with van der Waals surface area (Å²) in [6.45, 7) is 0. The second-order valence-corrected chi connectivity index (χ2v) is 10.8. The van der Waals surface area contributed by atoms with Crippen molar-refractivity contribution in [2.24, 2.45) is 0 Å². The van der Waals surface area contributed by atoms with Gasteiger partial charge in [0.1, 0.15) is 5.82 Å². The van der Waals surface area contributed by atoms with Gasteiger partial charge < -0.3 is 4.98 Å². The number of aromatic nitrogens is 1. The highest BCUT2D eigenvalue weighted by atomic mass is 32.3. The van der Waals surface area contributed by atoms with Crippen molar-refractivity contribution < 1.29 is 21.9 Å². The van der Waals surface area contributed by atoms with E-state index in [1.165, 1.54) is 24.3 Å². The first-order valence-electron chi connectivity index (χ1n) is 8.36. The molecule has 0 saturated carbocycles. The number of sulfonamides is 1. The summed E-state index contributed by atoms with van der Waals surface area (Å²) in [5, 5.41) is 0.848. The van der Waals surface area contributed by atoms with Crippen molar-refractivity contribution in [3.05, 3.63) is 54.5 Å². The number of nitrogens with one attached hydrogen (secondary N) is 2. The normalized spacial score (nSPS) is 20.8. The SMILES string of the molecule is O=S(=O)(NC1CCS(O)(O)C1)c1ccc(-c2c[nH]c3cc(F)ccc23)cc1. The summed E-state index contributed by atoms with van der Waals surface area (Å²) >= 11 is 0. The summed E-state index contributed by atoms with van der Waals surface area (Å²) in [6, 6.07) is 10.4. The quantitative estimate of drug-likeness (QED) is 0.526. The van der Waals surface area contributed by atoms with E-state index in [0.29, 0.717) is 11.9 Å². The highest BCUT2D eigenvalue weighted by Gasteiger charge is 2.31. The van der Waals surface area contributed by atoms with E-state index in [-0.39, 0.29) is 22.2 Å². The van der Waals surface area contributed by atoms with E-state index in [9.17, 15) is 21.9 Å². The molecule has 1 unspecified atom stereocenters. The second-order valence-electron chi connectivity index (χ2n) is 6.70. The molecule has 0 aliphatic carbocycles. The van der Waals surface area contributed by atoms with E-state index < -0.39 is 26.7 Å². The molecule has 1 aromatic heterocycles. The van der Waals surface area contributed by atoms with Crippen LogP contribution in [-0.2, 0) is 10.0 Å². The van der Waals surface area contributed by atoms with Crippen LogP contribution >= 0.6 is 10.6 Å². The summed E-state index contributed by atoms with van der Waals surface area (Å²) in [7, 11) is -6.41. The average molecular weight is 410 g/mol. The van der Waals surface area contributed by atoms with Crippen molar-refractivity contribution >= 4 is 31.5 Å². The maximum atomic E-state index is 13.3. The Labute approximate surface area is 157 Å². The van der Waals surface area contributed by atoms with Gasteiger partial charge >= 0.3 is 0 Å². The summed E-state index contributed by atoms with van der Waals surface area (Å²) in [5.74, 6) is -0.0526. The fourth-order valence-corrected chi connectivity index (χ4v) is 6.45. The van der Waals surface area contributed by atoms with Crippen LogP contribution in [0.3, 0.4) is 0 Å². The molecule has 1 atom stereocenters. The Balaban J connectivity index is 1.58. The molecule has 0 radical (unpaired) electrons. The van der Waals surface area contributed by atoms with Crippen LogP contribution in [0.4, 0.5) is 4.39 Å². The van der Waals surface area contributed by atoms with E-state index in [2.05, 4.69) is 9.71 Å². The van der Waals surface area contributed by atoms with Crippen LogP contribution in [0.5, 0.6) is 0 Å². The van der Waals surface area contributed by atoms with Gasteiger partial charge in [-0.25, -0.2) is 17.5 Å². The zero-order valence-corrected chi connectivity index (χ0v) is 15.9. The third kappa shape index (κ3) is 3.74. The van der Waals surface area contributed by atoms with Crippen molar-refractivity contribution in [2.45, 2.75) is 17.4 Å². The minimum atomic E-state index is -3.74. The van der Waals surface area contributed by atoms with Gasteiger partial charge in [0.15, 0.2) is 0 Å². The molecule has 1 aliphatic heterocycles. The second kappa shape index (κ2) is 6.61. The van der Waals surface area contributed by atoms with Crippen molar-refractivity contribution in [1.29, 1.82) is 0 Å². The smallest absolute Gasteiger partial charge is 0.240 e. The minimum Gasteiger partial charge on any atom is -0.360 e. The van der Waals surface area contributed by atoms with Crippen LogP contribution in [0.25, 0.3) is 22.0 Å². The number of benzene rings is 2. The van der Waals surface area contributed by atoms with E-state index in [1.54, 1.807) is 24.4 Å². The maximum absolute atomic E-state index is 13.3. The molecule has 3 aromatic rings. The Morgan fingerprint density at radius 3 is 2.56 bits per heavy atom. The van der Waals surface area contributed by atoms with Crippen LogP contribution < -0.4 is 4.72 Å². The van der Waals surface area contributed by atoms with Gasteiger partial charge in [0.25, 0.3) is 0 Å². The molecular formula is C18H19FN2O4S2. The molecule has 1 aliphatic rings. The molecule has 0 spiro atoms. The first-order chi connectivity index (χ1) is 12.7. The van der Waals surface area contributed by atoms with E-state index in [0.717, 1.165) is 16.5 Å². The van der Waals surface area contributed by atoms with E-state index in [1.807, 2.05) is 0 Å². The van der Waals surface area contributed by atoms with Gasteiger partial charge in [0.05, 0.1) is 10.6 Å². The van der Waals surface area contributed by atoms with E-state index >= 15 is 0 Å². The molecule has 1 fully saturated rings. The Kier molecular flexibility index (Phi) is 4.52. The third-order valence-electron chi connectivity index (χ3n) is 4.70. The average Bonchev–Trinajstić information content (AvgIpc) is 3.17. The Hall–Kier alpha value is -1.91. The standard InChI is InChI=1S/C18H19FN2O4S2/c19-13-3-6-16-17(10-20-18(16)9-13)12-1-4-15(5-2-12)27(24,25)21-14-7-8-26(22,23)11-14/h1-6,9-10,14,20-23H,7-8,11H2. The third-order valence-corrected chi connectivity index (χ3v) is 8.06. The van der Waals surface area contributed by atoms with Gasteiger partial charge in [-0.3, -0.25) is 9.11 Å². The molecule has 1 saturated heterocycles. The predicted octanol–water partition coefficient (Wildman–Crippen LogP) is 3.78. The monoisotopic (exact) mass is 410 g/mol. The molecule has 9 heteroatoms. The zero-order valence-electron chi connectivity index (χ0n) is 14.2. The number of rotatable bonds is 4. The topological polar surface area (TPSA) is 102 Å². The molecule has 2 heterocycles. The largest absolute Gasteiger partial charge is 0.360 e. The van der Waals surface area contributed by atoms with Crippen LogP contribution in [0.1, 0.15) is 6.42 Å². The van der Waals surface area contributed by atoms with E-state index in [4.69, 9.17) is 0 Å². The number of fused-ring (bicyclic) bond motifs is 1. The molecule has 0 amide bonds. The van der Waals surface area contributed by atoms with Gasteiger partial charge in [-0.15, -0.1) is 0 Å². The Morgan fingerprint density at radius 1 is 1.15 bits per heavy atom. The summed E-state index contributed by atoms with van der Waals surface area (Å²) in [4.78, 5) is 3.12. The number of hydrogen-bond donors (Lipinski definition) is 4. The van der Waals surface area contributed by atoms with Crippen LogP contribution in [0.2, 0.25) is 0 Å². The number of halogens is 1. The van der Waals surface area contributed by atoms with Gasteiger partial charge in [-0.05, 0) is 42.3 Å². The number of hydrogen-bond acceptors (Lipinski definition) is 4. The lowest BCUT2D eigenvalue weighted by atomic mass is 10.1. The molecule has 6 nitrogen and oxygen atoms in total. The maximum Gasteiger partial charge on any atom is 0.240 e. The molecule has 144 valence electrons. The minimum absolute atomic E-state index is 0.0518. The fraction of sp³-hybridized carbons (Fsp3) is 0.222. The van der Waals surface area contributed by atoms with Crippen molar-refractivity contribution in [2.75, 3.05) is 11.5 Å². The molecular weight excluding hydrogens is 391 g/mol. The molecule has 4 N–H and O–H groups in total. The predicted molar refractivity (Wildman–Crippen MR) is 105 cm³/mol. The lowest BCUT2D eigenvalue weighted by Gasteiger charge is -2.26. The van der Waals surface area contributed by atoms with Crippen molar-refractivity contribution in [3.8, 4) is 11.1 Å². The lowest BCUT2D eigenvalue weighted by molar-refractivity contribution is 0.494. The Morgan fingerprint density at radius 2 is 1.89 bits per heavy atom. The molecule has 2 aromatic carbocycles. The summed E-state index contributed by atoms with van der Waals surface area (Å²) in [6.07, 6.45) is 2.17. The number of H-pyrrole nitrogens is 1. The summed E-state index contributed by atoms with van der Waals surface area (Å²) < 4.78 is 60.2. The van der Waals surface area contributed by atoms with Gasteiger partial charge in [0, 0.05) is 34.5 Å². The van der Waals surface area contributed by atoms with Gasteiger partial charge in [-0.1, -0.05) is 12.1 Å². The fourth-order valence-electron chi connectivity index (χ4n) is 3.35. The first-order valence-corrected chi connectivity index (χ1v) is 11.7. The lowest BCUT2D eigenvalue weighted by Crippen LogP contribution is -2.35. The molecule has 0 bridgehead atoms. The van der Waals surface area contributed by atoms with Crippen LogP contribution in [-0.4, -0.2) is 40.1 Å². The zero-order chi connectivity index (χ0) is 19.2. The Bertz CT molecular complexity index is 1090.